The number of ether oxygens (including phenoxy) is 1. The van der Waals surface area contributed by atoms with E-state index in [4.69, 9.17) is 4.74 Å². The maximum absolute atomic E-state index is 13.3. The van der Waals surface area contributed by atoms with Gasteiger partial charge in [0.15, 0.2) is 0 Å². The van der Waals surface area contributed by atoms with Crippen molar-refractivity contribution in [2.45, 2.75) is 38.5 Å². The third-order valence-corrected chi connectivity index (χ3v) is 6.33. The minimum absolute atomic E-state index is 0.201. The summed E-state index contributed by atoms with van der Waals surface area (Å²) in [5, 5.41) is 10.1. The average molecular weight is 484 g/mol. The van der Waals surface area contributed by atoms with Crippen molar-refractivity contribution in [1.82, 2.24) is 15.5 Å². The van der Waals surface area contributed by atoms with Crippen molar-refractivity contribution >= 4 is 17.7 Å². The van der Waals surface area contributed by atoms with Gasteiger partial charge in [-0.3, -0.25) is 14.8 Å². The highest BCUT2D eigenvalue weighted by atomic mass is 19.4. The molecule has 3 aromatic rings. The summed E-state index contributed by atoms with van der Waals surface area (Å²) in [6, 6.07) is 10.9. The molecule has 2 N–H and O–H groups in total. The van der Waals surface area contributed by atoms with Crippen LogP contribution in [-0.2, 0) is 28.5 Å². The number of cyclic esters (lactones) is 1. The predicted octanol–water partition coefficient (Wildman–Crippen LogP) is 4.71. The number of anilines is 1. The van der Waals surface area contributed by atoms with E-state index >= 15 is 0 Å². The Labute approximate surface area is 199 Å². The Morgan fingerprint density at radius 2 is 2.06 bits per heavy atom. The van der Waals surface area contributed by atoms with Crippen LogP contribution >= 0.6 is 0 Å². The summed E-state index contributed by atoms with van der Waals surface area (Å²) >= 11 is 0. The molecule has 2 heterocycles. The van der Waals surface area contributed by atoms with Crippen LogP contribution in [-0.4, -0.2) is 41.4 Å². The number of nitrogens with zero attached hydrogens (tertiary/aromatic N) is 2. The molecule has 2 aromatic carbocycles. The molecular formula is C25H23F3N4O3. The van der Waals surface area contributed by atoms with Crippen molar-refractivity contribution in [1.29, 1.82) is 0 Å². The number of amides is 2. The molecule has 35 heavy (non-hydrogen) atoms. The molecule has 1 fully saturated rings. The molecule has 2 aliphatic rings. The van der Waals surface area contributed by atoms with Crippen molar-refractivity contribution in [3.05, 3.63) is 59.2 Å². The molecule has 10 heteroatoms. The van der Waals surface area contributed by atoms with Gasteiger partial charge in [0, 0.05) is 29.3 Å². The molecule has 1 aliphatic carbocycles. The topological polar surface area (TPSA) is 87.3 Å². The Balaban J connectivity index is 1.49. The molecule has 0 spiro atoms. The molecule has 182 valence electrons. The highest BCUT2D eigenvalue weighted by molar-refractivity contribution is 5.91. The SMILES string of the molecule is CC(=O)NCC1CN(c2ccc3c(c2)-c2[nH]nc(-c4cccc(C(F)(F)F)c4)c2CCC3)C(=O)O1. The molecule has 0 saturated carbocycles. The normalized spacial score (nSPS) is 17.4. The number of halogens is 3. The van der Waals surface area contributed by atoms with Gasteiger partial charge in [-0.15, -0.1) is 0 Å². The number of alkyl halides is 3. The number of H-pyrrole nitrogens is 1. The van der Waals surface area contributed by atoms with E-state index in [2.05, 4.69) is 15.5 Å². The molecule has 1 saturated heterocycles. The zero-order valence-electron chi connectivity index (χ0n) is 18.9. The average Bonchev–Trinajstić information content (AvgIpc) is 3.36. The monoisotopic (exact) mass is 484 g/mol. The van der Waals surface area contributed by atoms with Crippen molar-refractivity contribution in [3.63, 3.8) is 0 Å². The van der Waals surface area contributed by atoms with Gasteiger partial charge in [0.25, 0.3) is 0 Å². The summed E-state index contributed by atoms with van der Waals surface area (Å²) in [5.74, 6) is -0.201. The fourth-order valence-electron chi connectivity index (χ4n) is 4.65. The van der Waals surface area contributed by atoms with Crippen LogP contribution in [0.1, 0.15) is 30.0 Å². The molecule has 1 atom stereocenters. The van der Waals surface area contributed by atoms with Crippen LogP contribution in [0.5, 0.6) is 0 Å². The lowest BCUT2D eigenvalue weighted by Gasteiger charge is -2.16. The maximum Gasteiger partial charge on any atom is 0.416 e. The van der Waals surface area contributed by atoms with E-state index in [1.54, 1.807) is 6.07 Å². The maximum atomic E-state index is 13.3. The van der Waals surface area contributed by atoms with Gasteiger partial charge < -0.3 is 10.1 Å². The number of benzene rings is 2. The first-order valence-corrected chi connectivity index (χ1v) is 11.3. The first-order valence-electron chi connectivity index (χ1n) is 11.3. The second-order valence-corrected chi connectivity index (χ2v) is 8.75. The number of fused-ring (bicyclic) bond motifs is 3. The highest BCUT2D eigenvalue weighted by Gasteiger charge is 2.34. The van der Waals surface area contributed by atoms with Gasteiger partial charge in [0.1, 0.15) is 6.10 Å². The number of hydrogen-bond donors (Lipinski definition) is 2. The van der Waals surface area contributed by atoms with Crippen LogP contribution < -0.4 is 10.2 Å². The number of aromatic nitrogens is 2. The fraction of sp³-hybridized carbons (Fsp3) is 0.320. The number of aryl methyl sites for hydroxylation is 1. The largest absolute Gasteiger partial charge is 0.442 e. The van der Waals surface area contributed by atoms with Crippen LogP contribution in [0, 0.1) is 0 Å². The minimum atomic E-state index is -4.44. The van der Waals surface area contributed by atoms with Gasteiger partial charge >= 0.3 is 12.3 Å². The third kappa shape index (κ3) is 4.48. The molecule has 1 unspecified atom stereocenters. The fourth-order valence-corrected chi connectivity index (χ4v) is 4.65. The summed E-state index contributed by atoms with van der Waals surface area (Å²) in [6.07, 6.45) is -3.13. The molecule has 1 aliphatic heterocycles. The smallest absolute Gasteiger partial charge is 0.416 e. The molecule has 0 bridgehead atoms. The molecular weight excluding hydrogens is 461 g/mol. The van der Waals surface area contributed by atoms with Crippen molar-refractivity contribution in [3.8, 4) is 22.5 Å². The Morgan fingerprint density at radius 1 is 1.23 bits per heavy atom. The Hall–Kier alpha value is -3.82. The second kappa shape index (κ2) is 8.75. The number of rotatable bonds is 4. The summed E-state index contributed by atoms with van der Waals surface area (Å²) in [5.41, 5.74) is 4.35. The van der Waals surface area contributed by atoms with E-state index in [9.17, 15) is 22.8 Å². The Morgan fingerprint density at radius 3 is 2.83 bits per heavy atom. The van der Waals surface area contributed by atoms with Crippen LogP contribution in [0.15, 0.2) is 42.5 Å². The Bertz CT molecular complexity index is 1300. The summed E-state index contributed by atoms with van der Waals surface area (Å²) in [4.78, 5) is 25.2. The number of hydrogen-bond acceptors (Lipinski definition) is 4. The zero-order chi connectivity index (χ0) is 24.7. The number of carbonyl (C=O) groups excluding carboxylic acids is 2. The van der Waals surface area contributed by atoms with E-state index in [1.165, 1.54) is 17.9 Å². The van der Waals surface area contributed by atoms with Gasteiger partial charge in [-0.1, -0.05) is 18.2 Å². The van der Waals surface area contributed by atoms with Gasteiger partial charge in [0.2, 0.25) is 5.91 Å². The van der Waals surface area contributed by atoms with Gasteiger partial charge in [-0.05, 0) is 49.1 Å². The second-order valence-electron chi connectivity index (χ2n) is 8.75. The number of carbonyl (C=O) groups is 2. The lowest BCUT2D eigenvalue weighted by molar-refractivity contribution is -0.137. The molecule has 5 rings (SSSR count). The van der Waals surface area contributed by atoms with Gasteiger partial charge in [-0.2, -0.15) is 18.3 Å². The van der Waals surface area contributed by atoms with Crippen molar-refractivity contribution in [2.75, 3.05) is 18.0 Å². The zero-order valence-corrected chi connectivity index (χ0v) is 18.9. The summed E-state index contributed by atoms with van der Waals surface area (Å²) < 4.78 is 45.2. The van der Waals surface area contributed by atoms with E-state index < -0.39 is 23.9 Å². The molecule has 0 radical (unpaired) electrons. The van der Waals surface area contributed by atoms with Crippen LogP contribution in [0.25, 0.3) is 22.5 Å². The van der Waals surface area contributed by atoms with Gasteiger partial charge in [0.05, 0.1) is 30.0 Å². The van der Waals surface area contributed by atoms with Crippen molar-refractivity contribution < 1.29 is 27.5 Å². The van der Waals surface area contributed by atoms with Crippen LogP contribution in [0.2, 0.25) is 0 Å². The summed E-state index contributed by atoms with van der Waals surface area (Å²) in [7, 11) is 0. The van der Waals surface area contributed by atoms with Crippen LogP contribution in [0.3, 0.4) is 0 Å². The van der Waals surface area contributed by atoms with E-state index in [0.717, 1.165) is 47.4 Å². The minimum Gasteiger partial charge on any atom is -0.442 e. The highest BCUT2D eigenvalue weighted by Crippen LogP contribution is 2.39. The van der Waals surface area contributed by atoms with Crippen LogP contribution in [0.4, 0.5) is 23.7 Å². The first-order chi connectivity index (χ1) is 16.7. The van der Waals surface area contributed by atoms with E-state index in [0.29, 0.717) is 29.9 Å². The molecule has 1 aromatic heterocycles. The standard InChI is InChI=1S/C25H23F3N4O3/c1-14(33)29-12-19-13-32(24(34)35-19)18-9-8-15-4-3-7-20-22(30-31-23(20)21(15)11-18)16-5-2-6-17(10-16)25(26,27)28/h2,5-6,8-11,19H,3-4,7,12-13H2,1H3,(H,29,33)(H,30,31). The van der Waals surface area contributed by atoms with Crippen molar-refractivity contribution in [2.24, 2.45) is 0 Å². The third-order valence-electron chi connectivity index (χ3n) is 6.33. The summed E-state index contributed by atoms with van der Waals surface area (Å²) in [6.45, 7) is 1.92. The molecule has 2 amide bonds. The van der Waals surface area contributed by atoms with E-state index in [1.807, 2.05) is 18.2 Å². The number of nitrogens with one attached hydrogen (secondary N) is 2. The van der Waals surface area contributed by atoms with E-state index in [-0.39, 0.29) is 12.5 Å². The first kappa shape index (κ1) is 22.9. The van der Waals surface area contributed by atoms with Gasteiger partial charge in [-0.25, -0.2) is 4.79 Å². The Kier molecular flexibility index (Phi) is 5.74. The predicted molar refractivity (Wildman–Crippen MR) is 123 cm³/mol. The molecule has 7 nitrogen and oxygen atoms in total. The quantitative estimate of drug-likeness (QED) is 0.562. The lowest BCUT2D eigenvalue weighted by atomic mass is 9.98. The lowest BCUT2D eigenvalue weighted by Crippen LogP contribution is -2.33. The number of aromatic amines is 1.